The quantitative estimate of drug-likeness (QED) is 0.413. The monoisotopic (exact) mass is 482 g/mol. The van der Waals surface area contributed by atoms with Crippen molar-refractivity contribution in [1.82, 2.24) is 4.90 Å². The molecular formula is C28H40N3O4+. The van der Waals surface area contributed by atoms with Gasteiger partial charge in [0.15, 0.2) is 0 Å². The summed E-state index contributed by atoms with van der Waals surface area (Å²) in [4.78, 5) is 14.7. The number of amides is 1. The van der Waals surface area contributed by atoms with Gasteiger partial charge in [0.25, 0.3) is 5.91 Å². The molecule has 1 amide bonds. The first-order valence-corrected chi connectivity index (χ1v) is 12.3. The number of carbonyl (C=O) groups excluding carboxylic acids is 1. The minimum absolute atomic E-state index is 0.0734. The van der Waals surface area contributed by atoms with Crippen molar-refractivity contribution in [2.24, 2.45) is 0 Å². The van der Waals surface area contributed by atoms with Crippen molar-refractivity contribution < 1.29 is 23.9 Å². The van der Waals surface area contributed by atoms with Crippen molar-refractivity contribution in [2.75, 3.05) is 54.0 Å². The maximum absolute atomic E-state index is 12.9. The van der Waals surface area contributed by atoms with Gasteiger partial charge in [0.05, 0.1) is 33.3 Å². The Labute approximate surface area is 210 Å². The fourth-order valence-electron chi connectivity index (χ4n) is 4.04. The van der Waals surface area contributed by atoms with Gasteiger partial charge in [0.1, 0.15) is 36.8 Å². The minimum Gasteiger partial charge on any atom is -0.497 e. The van der Waals surface area contributed by atoms with Crippen LogP contribution in [0.5, 0.6) is 11.5 Å². The minimum atomic E-state index is -0.696. The number of hydrogen-bond acceptors (Lipinski definition) is 5. The average Bonchev–Trinajstić information content (AvgIpc) is 2.85. The third-order valence-corrected chi connectivity index (χ3v) is 5.92. The van der Waals surface area contributed by atoms with Crippen LogP contribution >= 0.6 is 0 Å². The third kappa shape index (κ3) is 8.89. The van der Waals surface area contributed by atoms with Crippen LogP contribution in [0.15, 0.2) is 42.5 Å². The zero-order chi connectivity index (χ0) is 25.8. The molecule has 0 aliphatic rings. The molecule has 2 rings (SSSR count). The van der Waals surface area contributed by atoms with Crippen molar-refractivity contribution >= 4 is 5.91 Å². The first-order valence-electron chi connectivity index (χ1n) is 12.3. The van der Waals surface area contributed by atoms with Crippen LogP contribution in [0.25, 0.3) is 0 Å². The van der Waals surface area contributed by atoms with E-state index in [9.17, 15) is 15.2 Å². The molecule has 0 aliphatic heterocycles. The summed E-state index contributed by atoms with van der Waals surface area (Å²) in [5, 5.41) is 20.2. The summed E-state index contributed by atoms with van der Waals surface area (Å²) in [5.41, 5.74) is 1.99. The smallest absolute Gasteiger partial charge is 0.253 e. The van der Waals surface area contributed by atoms with Crippen LogP contribution in [-0.4, -0.2) is 80.5 Å². The van der Waals surface area contributed by atoms with Crippen molar-refractivity contribution in [3.8, 4) is 17.6 Å². The number of rotatable bonds is 14. The lowest BCUT2D eigenvalue weighted by atomic mass is 10.1. The molecule has 1 N–H and O–H groups in total. The van der Waals surface area contributed by atoms with Gasteiger partial charge in [-0.05, 0) is 48.7 Å². The van der Waals surface area contributed by atoms with Crippen LogP contribution in [-0.2, 0) is 6.42 Å². The molecule has 7 heteroatoms. The number of aliphatic hydroxyl groups excluding tert-OH is 1. The zero-order valence-corrected chi connectivity index (χ0v) is 21.8. The predicted molar refractivity (Wildman–Crippen MR) is 138 cm³/mol. The largest absolute Gasteiger partial charge is 0.497 e. The Hall–Kier alpha value is -3.08. The molecule has 0 saturated carbocycles. The maximum atomic E-state index is 12.9. The number of benzene rings is 2. The fraction of sp³-hybridized carbons (Fsp3) is 0.500. The Kier molecular flexibility index (Phi) is 11.0. The lowest BCUT2D eigenvalue weighted by Crippen LogP contribution is -2.48. The second kappa shape index (κ2) is 13.7. The molecule has 0 radical (unpaired) electrons. The van der Waals surface area contributed by atoms with E-state index in [4.69, 9.17) is 9.47 Å². The van der Waals surface area contributed by atoms with Crippen molar-refractivity contribution in [3.63, 3.8) is 0 Å². The lowest BCUT2D eigenvalue weighted by Gasteiger charge is -2.32. The van der Waals surface area contributed by atoms with Gasteiger partial charge in [-0.1, -0.05) is 26.0 Å². The molecule has 0 bridgehead atoms. The molecule has 0 spiro atoms. The predicted octanol–water partition coefficient (Wildman–Crippen LogP) is 3.89. The standard InChI is InChI=1S/C28H40N3O4/c1-6-15-30(16-7-2)28(33)23-10-13-27(24(18-23)19-29)35-21-25(32)20-31(3,4)17-14-22-8-11-26(34-5)12-9-22/h8-13,18,25,32H,6-7,14-17,20-21H2,1-5H3/q+1/t25-/m1/s1. The van der Waals surface area contributed by atoms with Gasteiger partial charge in [-0.25, -0.2) is 0 Å². The number of methoxy groups -OCH3 is 1. The van der Waals surface area contributed by atoms with Crippen LogP contribution < -0.4 is 9.47 Å². The Morgan fingerprint density at radius 2 is 1.77 bits per heavy atom. The average molecular weight is 483 g/mol. The Balaban J connectivity index is 1.94. The number of aliphatic hydroxyl groups is 1. The summed E-state index contributed by atoms with van der Waals surface area (Å²) in [6.07, 6.45) is 1.94. The SMILES string of the molecule is CCCN(CCC)C(=O)c1ccc(OC[C@H](O)C[N+](C)(C)CCc2ccc(OC)cc2)c(C#N)c1. The van der Waals surface area contributed by atoms with E-state index >= 15 is 0 Å². The summed E-state index contributed by atoms with van der Waals surface area (Å²) in [6, 6.07) is 15.1. The number of hydrogen-bond donors (Lipinski definition) is 1. The summed E-state index contributed by atoms with van der Waals surface area (Å²) in [7, 11) is 5.80. The van der Waals surface area contributed by atoms with Gasteiger partial charge in [0.2, 0.25) is 0 Å². The highest BCUT2D eigenvalue weighted by Crippen LogP contribution is 2.21. The van der Waals surface area contributed by atoms with E-state index in [1.54, 1.807) is 25.3 Å². The number of nitrogens with zero attached hydrogens (tertiary/aromatic N) is 3. The molecule has 190 valence electrons. The van der Waals surface area contributed by atoms with Crippen LogP contribution in [0, 0.1) is 11.3 Å². The maximum Gasteiger partial charge on any atom is 0.253 e. The van der Waals surface area contributed by atoms with Gasteiger partial charge in [-0.15, -0.1) is 0 Å². The van der Waals surface area contributed by atoms with Crippen molar-refractivity contribution in [1.29, 1.82) is 5.26 Å². The Morgan fingerprint density at radius 3 is 2.34 bits per heavy atom. The van der Waals surface area contributed by atoms with E-state index in [1.165, 1.54) is 5.56 Å². The Bertz CT molecular complexity index is 977. The normalized spacial score (nSPS) is 12.0. The molecule has 35 heavy (non-hydrogen) atoms. The number of carbonyl (C=O) groups is 1. The summed E-state index contributed by atoms with van der Waals surface area (Å²) in [6.45, 7) is 6.89. The van der Waals surface area contributed by atoms with Crippen molar-refractivity contribution in [2.45, 2.75) is 39.2 Å². The van der Waals surface area contributed by atoms with Gasteiger partial charge >= 0.3 is 0 Å². The molecule has 1 atom stereocenters. The van der Waals surface area contributed by atoms with Crippen LogP contribution in [0.1, 0.15) is 48.2 Å². The van der Waals surface area contributed by atoms with E-state index in [1.807, 2.05) is 30.9 Å². The van der Waals surface area contributed by atoms with Gasteiger partial charge < -0.3 is 24.0 Å². The summed E-state index contributed by atoms with van der Waals surface area (Å²) in [5.74, 6) is 1.14. The molecule has 0 aromatic heterocycles. The van der Waals surface area contributed by atoms with Gasteiger partial charge in [-0.2, -0.15) is 5.26 Å². The zero-order valence-electron chi connectivity index (χ0n) is 21.8. The van der Waals surface area contributed by atoms with Crippen LogP contribution in [0.2, 0.25) is 0 Å². The first kappa shape index (κ1) is 28.2. The van der Waals surface area contributed by atoms with Crippen LogP contribution in [0.4, 0.5) is 0 Å². The molecule has 0 heterocycles. The molecule has 0 aliphatic carbocycles. The Morgan fingerprint density at radius 1 is 1.11 bits per heavy atom. The van der Waals surface area contributed by atoms with Gasteiger partial charge in [0, 0.05) is 25.1 Å². The van der Waals surface area contributed by atoms with Crippen molar-refractivity contribution in [3.05, 3.63) is 59.2 Å². The molecule has 7 nitrogen and oxygen atoms in total. The molecular weight excluding hydrogens is 442 g/mol. The number of likely N-dealkylation sites (N-methyl/N-ethyl adjacent to an activating group) is 1. The van der Waals surface area contributed by atoms with E-state index < -0.39 is 6.10 Å². The first-order chi connectivity index (χ1) is 16.7. The van der Waals surface area contributed by atoms with Gasteiger partial charge in [-0.3, -0.25) is 4.79 Å². The molecule has 0 saturated heterocycles. The highest BCUT2D eigenvalue weighted by atomic mass is 16.5. The van der Waals surface area contributed by atoms with Crippen LogP contribution in [0.3, 0.4) is 0 Å². The molecule has 2 aromatic carbocycles. The molecule has 0 fully saturated rings. The summed E-state index contributed by atoms with van der Waals surface area (Å²) >= 11 is 0. The molecule has 2 aromatic rings. The van der Waals surface area contributed by atoms with E-state index in [0.29, 0.717) is 41.0 Å². The lowest BCUT2D eigenvalue weighted by molar-refractivity contribution is -0.893. The fourth-order valence-corrected chi connectivity index (χ4v) is 4.04. The summed E-state index contributed by atoms with van der Waals surface area (Å²) < 4.78 is 11.6. The number of nitriles is 1. The third-order valence-electron chi connectivity index (χ3n) is 5.92. The number of quaternary nitrogens is 1. The second-order valence-corrected chi connectivity index (χ2v) is 9.52. The highest BCUT2D eigenvalue weighted by Gasteiger charge is 2.22. The van der Waals surface area contributed by atoms with E-state index in [-0.39, 0.29) is 12.5 Å². The highest BCUT2D eigenvalue weighted by molar-refractivity contribution is 5.94. The van der Waals surface area contributed by atoms with E-state index in [2.05, 4.69) is 32.3 Å². The molecule has 0 unspecified atom stereocenters. The second-order valence-electron chi connectivity index (χ2n) is 9.52. The topological polar surface area (TPSA) is 82.8 Å². The van der Waals surface area contributed by atoms with E-state index in [0.717, 1.165) is 31.6 Å². The number of ether oxygens (including phenoxy) is 2.